The van der Waals surface area contributed by atoms with Crippen LogP contribution in [-0.2, 0) is 25.1 Å². The largest absolute Gasteiger partial charge is 0.480 e. The molecule has 0 bridgehead atoms. The van der Waals surface area contributed by atoms with E-state index in [2.05, 4.69) is 5.32 Å². The fraction of sp³-hybridized carbons (Fsp3) is 0.263. The maximum absolute atomic E-state index is 12.4. The van der Waals surface area contributed by atoms with E-state index in [0.29, 0.717) is 10.5 Å². The molecule has 0 aromatic heterocycles. The lowest BCUT2D eigenvalue weighted by molar-refractivity contribution is -0.144. The van der Waals surface area contributed by atoms with Gasteiger partial charge in [-0.3, -0.25) is 9.00 Å². The number of amides is 1. The molecule has 0 aliphatic heterocycles. The van der Waals surface area contributed by atoms with Crippen LogP contribution in [0, 0.1) is 0 Å². The van der Waals surface area contributed by atoms with Crippen LogP contribution in [0.1, 0.15) is 18.1 Å². The number of carboxylic acids is 1. The van der Waals surface area contributed by atoms with Gasteiger partial charge >= 0.3 is 5.97 Å². The average molecular weight is 375 g/mol. The summed E-state index contributed by atoms with van der Waals surface area (Å²) in [6.07, 6.45) is -0.856. The van der Waals surface area contributed by atoms with Crippen molar-refractivity contribution in [3.8, 4) is 0 Å². The van der Waals surface area contributed by atoms with Gasteiger partial charge in [0.05, 0.1) is 10.8 Å². The lowest BCUT2D eigenvalue weighted by atomic mass is 10.1. The fourth-order valence-corrected chi connectivity index (χ4v) is 3.59. The third kappa shape index (κ3) is 5.50. The van der Waals surface area contributed by atoms with Crippen LogP contribution in [0.5, 0.6) is 0 Å². The van der Waals surface area contributed by atoms with Crippen LogP contribution in [0.25, 0.3) is 0 Å². The molecule has 0 fully saturated rings. The highest BCUT2D eigenvalue weighted by Gasteiger charge is 2.26. The number of hydrogen-bond acceptors (Lipinski definition) is 4. The highest BCUT2D eigenvalue weighted by Crippen LogP contribution is 2.17. The summed E-state index contributed by atoms with van der Waals surface area (Å²) >= 11 is 0. The van der Waals surface area contributed by atoms with E-state index in [4.69, 9.17) is 4.74 Å². The lowest BCUT2D eigenvalue weighted by Crippen LogP contribution is -2.44. The quantitative estimate of drug-likeness (QED) is 0.700. The van der Waals surface area contributed by atoms with Crippen LogP contribution in [0.2, 0.25) is 0 Å². The molecule has 7 heteroatoms. The van der Waals surface area contributed by atoms with Crippen LogP contribution >= 0.6 is 0 Å². The van der Waals surface area contributed by atoms with E-state index in [1.165, 1.54) is 7.11 Å². The van der Waals surface area contributed by atoms with Crippen LogP contribution in [0.4, 0.5) is 0 Å². The zero-order valence-electron chi connectivity index (χ0n) is 14.3. The Hall–Kier alpha value is -2.51. The molecule has 0 radical (unpaired) electrons. The Kier molecular flexibility index (Phi) is 7.50. The number of nitrogens with one attached hydrogen (secondary N) is 1. The summed E-state index contributed by atoms with van der Waals surface area (Å²) in [7, 11) is 0.0567. The SMILES string of the molecule is CO[C@@H](C(=O)N[C@H](CC[S@](=O)c1ccccc1)C(=O)O)c1ccccc1. The third-order valence-corrected chi connectivity index (χ3v) is 5.19. The van der Waals surface area contributed by atoms with E-state index < -0.39 is 34.8 Å². The summed E-state index contributed by atoms with van der Waals surface area (Å²) in [5.74, 6) is -1.59. The molecule has 26 heavy (non-hydrogen) atoms. The maximum Gasteiger partial charge on any atom is 0.326 e. The topological polar surface area (TPSA) is 92.7 Å². The Morgan fingerprint density at radius 3 is 2.19 bits per heavy atom. The van der Waals surface area contributed by atoms with Gasteiger partial charge in [-0.2, -0.15) is 0 Å². The molecule has 1 amide bonds. The lowest BCUT2D eigenvalue weighted by Gasteiger charge is -2.19. The van der Waals surface area contributed by atoms with Crippen molar-refractivity contribution in [2.24, 2.45) is 0 Å². The Balaban J connectivity index is 2.00. The van der Waals surface area contributed by atoms with Gasteiger partial charge in [0.15, 0.2) is 6.10 Å². The molecule has 0 saturated heterocycles. The normalized spacial score (nSPS) is 14.2. The minimum atomic E-state index is -1.33. The maximum atomic E-state index is 12.4. The molecule has 3 atom stereocenters. The number of methoxy groups -OCH3 is 1. The molecule has 2 N–H and O–H groups in total. The summed E-state index contributed by atoms with van der Waals surface area (Å²) in [5.41, 5.74) is 0.629. The first-order valence-electron chi connectivity index (χ1n) is 8.07. The van der Waals surface area contributed by atoms with Crippen LogP contribution in [0.3, 0.4) is 0 Å². The predicted molar refractivity (Wildman–Crippen MR) is 98.1 cm³/mol. The van der Waals surface area contributed by atoms with Gasteiger partial charge in [0.1, 0.15) is 6.04 Å². The number of aliphatic carboxylic acids is 1. The number of carbonyl (C=O) groups excluding carboxylic acids is 1. The molecule has 2 aromatic carbocycles. The summed E-state index contributed by atoms with van der Waals surface area (Å²) in [5, 5.41) is 11.9. The van der Waals surface area contributed by atoms with E-state index in [0.717, 1.165) is 0 Å². The number of carboxylic acid groups (broad SMARTS) is 1. The van der Waals surface area contributed by atoms with Crippen LogP contribution in [-0.4, -0.2) is 40.1 Å². The van der Waals surface area contributed by atoms with Crippen molar-refractivity contribution in [3.63, 3.8) is 0 Å². The Morgan fingerprint density at radius 2 is 1.65 bits per heavy atom. The molecule has 0 heterocycles. The third-order valence-electron chi connectivity index (χ3n) is 3.79. The molecule has 2 rings (SSSR count). The summed E-state index contributed by atoms with van der Waals surface area (Å²) in [6, 6.07) is 16.5. The molecule has 0 aliphatic carbocycles. The van der Waals surface area contributed by atoms with E-state index in [9.17, 15) is 18.9 Å². The minimum Gasteiger partial charge on any atom is -0.480 e. The fourth-order valence-electron chi connectivity index (χ4n) is 2.44. The van der Waals surface area contributed by atoms with Crippen molar-refractivity contribution in [1.82, 2.24) is 5.32 Å². The van der Waals surface area contributed by atoms with Crippen molar-refractivity contribution in [1.29, 1.82) is 0 Å². The highest BCUT2D eigenvalue weighted by atomic mass is 32.2. The molecular formula is C19H21NO5S. The highest BCUT2D eigenvalue weighted by molar-refractivity contribution is 7.85. The van der Waals surface area contributed by atoms with Crippen molar-refractivity contribution in [3.05, 3.63) is 66.2 Å². The van der Waals surface area contributed by atoms with Crippen molar-refractivity contribution >= 4 is 22.7 Å². The molecule has 0 saturated carbocycles. The van der Waals surface area contributed by atoms with Gasteiger partial charge in [0, 0.05) is 17.8 Å². The second-order valence-corrected chi connectivity index (χ2v) is 7.15. The van der Waals surface area contributed by atoms with E-state index in [1.807, 2.05) is 12.1 Å². The second kappa shape index (κ2) is 9.84. The molecular weight excluding hydrogens is 354 g/mol. The second-order valence-electron chi connectivity index (χ2n) is 5.58. The minimum absolute atomic E-state index is 0.0494. The van der Waals surface area contributed by atoms with Crippen LogP contribution in [0.15, 0.2) is 65.6 Å². The van der Waals surface area contributed by atoms with Gasteiger partial charge in [-0.15, -0.1) is 0 Å². The van der Waals surface area contributed by atoms with Gasteiger partial charge in [-0.25, -0.2) is 4.79 Å². The first-order chi connectivity index (χ1) is 12.5. The number of rotatable bonds is 9. The molecule has 0 aliphatic rings. The van der Waals surface area contributed by atoms with Crippen molar-refractivity contribution < 1.29 is 23.6 Å². The Bertz CT molecular complexity index is 751. The van der Waals surface area contributed by atoms with Crippen molar-refractivity contribution in [2.45, 2.75) is 23.5 Å². The number of carbonyl (C=O) groups is 2. The van der Waals surface area contributed by atoms with Gasteiger partial charge in [-0.1, -0.05) is 48.5 Å². The number of ether oxygens (including phenoxy) is 1. The van der Waals surface area contributed by atoms with Crippen molar-refractivity contribution in [2.75, 3.05) is 12.9 Å². The van der Waals surface area contributed by atoms with Gasteiger partial charge in [-0.05, 0) is 24.1 Å². The van der Waals surface area contributed by atoms with Gasteiger partial charge in [0.2, 0.25) is 0 Å². The van der Waals surface area contributed by atoms with E-state index in [1.54, 1.807) is 48.5 Å². The standard InChI is InChI=1S/C19H21NO5S/c1-25-17(14-8-4-2-5-9-14)18(21)20-16(19(22)23)12-13-26(24)15-10-6-3-7-11-15/h2-11,16-17H,12-13H2,1H3,(H,20,21)(H,22,23)/t16-,17-,26+/m1/s1. The Labute approximate surface area is 154 Å². The number of hydrogen-bond donors (Lipinski definition) is 2. The summed E-state index contributed by atoms with van der Waals surface area (Å²) < 4.78 is 17.5. The monoisotopic (exact) mass is 375 g/mol. The molecule has 2 aromatic rings. The van der Waals surface area contributed by atoms with Crippen LogP contribution < -0.4 is 5.32 Å². The van der Waals surface area contributed by atoms with E-state index in [-0.39, 0.29) is 12.2 Å². The summed E-state index contributed by atoms with van der Waals surface area (Å²) in [4.78, 5) is 24.5. The van der Waals surface area contributed by atoms with Gasteiger partial charge in [0.25, 0.3) is 5.91 Å². The first-order valence-corrected chi connectivity index (χ1v) is 9.39. The molecule has 138 valence electrons. The first kappa shape index (κ1) is 19.8. The predicted octanol–water partition coefficient (Wildman–Crippen LogP) is 2.14. The molecule has 0 spiro atoms. The number of benzene rings is 2. The van der Waals surface area contributed by atoms with Gasteiger partial charge < -0.3 is 15.2 Å². The molecule has 6 nitrogen and oxygen atoms in total. The summed E-state index contributed by atoms with van der Waals surface area (Å²) in [6.45, 7) is 0. The average Bonchev–Trinajstić information content (AvgIpc) is 2.66. The molecule has 0 unspecified atom stereocenters. The Morgan fingerprint density at radius 1 is 1.08 bits per heavy atom. The zero-order valence-corrected chi connectivity index (χ0v) is 15.1. The smallest absolute Gasteiger partial charge is 0.326 e. The zero-order chi connectivity index (χ0) is 18.9. The van der Waals surface area contributed by atoms with E-state index >= 15 is 0 Å².